The molecular formula is C19H26N2O4. The minimum Gasteiger partial charge on any atom is -0.484 e. The van der Waals surface area contributed by atoms with Crippen molar-refractivity contribution in [1.82, 2.24) is 10.6 Å². The van der Waals surface area contributed by atoms with Gasteiger partial charge in [-0.15, -0.1) is 0 Å². The van der Waals surface area contributed by atoms with Gasteiger partial charge in [0.1, 0.15) is 11.9 Å². The van der Waals surface area contributed by atoms with Gasteiger partial charge in [-0.25, -0.2) is 0 Å². The molecule has 0 aromatic heterocycles. The first-order valence-corrected chi connectivity index (χ1v) is 9.00. The quantitative estimate of drug-likeness (QED) is 0.677. The topological polar surface area (TPSA) is 76.7 Å². The number of hydrogen-bond donors (Lipinski definition) is 2. The van der Waals surface area contributed by atoms with Crippen LogP contribution in [0.25, 0.3) is 0 Å². The van der Waals surface area contributed by atoms with Gasteiger partial charge in [0.05, 0.1) is 6.61 Å². The Morgan fingerprint density at radius 2 is 2.04 bits per heavy atom. The molecule has 6 heteroatoms. The molecule has 2 fully saturated rings. The first-order chi connectivity index (χ1) is 12.1. The zero-order valence-electron chi connectivity index (χ0n) is 14.6. The molecule has 6 nitrogen and oxygen atoms in total. The third-order valence-corrected chi connectivity index (χ3v) is 4.33. The highest BCUT2D eigenvalue weighted by Gasteiger charge is 2.24. The number of nitrogens with one attached hydrogen (secondary N) is 2. The van der Waals surface area contributed by atoms with Gasteiger partial charge in [0.25, 0.3) is 5.91 Å². The molecule has 0 unspecified atom stereocenters. The number of carbonyl (C=O) groups is 2. The first-order valence-electron chi connectivity index (χ1n) is 9.00. The Hall–Kier alpha value is -2.08. The summed E-state index contributed by atoms with van der Waals surface area (Å²) in [5, 5.41) is 5.75. The van der Waals surface area contributed by atoms with E-state index in [1.165, 1.54) is 12.8 Å². The van der Waals surface area contributed by atoms with Gasteiger partial charge in [0.15, 0.2) is 6.61 Å². The molecule has 2 amide bonds. The molecule has 0 heterocycles. The molecule has 0 radical (unpaired) electrons. The lowest BCUT2D eigenvalue weighted by Gasteiger charge is -2.13. The van der Waals surface area contributed by atoms with E-state index in [1.807, 2.05) is 18.2 Å². The van der Waals surface area contributed by atoms with Gasteiger partial charge in [-0.05, 0) is 56.2 Å². The fraction of sp³-hybridized carbons (Fsp3) is 0.579. The highest BCUT2D eigenvalue weighted by atomic mass is 16.5. The lowest BCUT2D eigenvalue weighted by molar-refractivity contribution is -0.132. The molecule has 1 aromatic carbocycles. The number of carbonyl (C=O) groups excluding carboxylic acids is 2. The van der Waals surface area contributed by atoms with Crippen LogP contribution >= 0.6 is 0 Å². The highest BCUT2D eigenvalue weighted by Crippen LogP contribution is 2.29. The highest BCUT2D eigenvalue weighted by molar-refractivity contribution is 5.80. The minimum absolute atomic E-state index is 0.0123. The number of ether oxygens (including phenoxy) is 2. The zero-order valence-corrected chi connectivity index (χ0v) is 14.6. The van der Waals surface area contributed by atoms with Crippen molar-refractivity contribution in [3.05, 3.63) is 29.8 Å². The van der Waals surface area contributed by atoms with Gasteiger partial charge < -0.3 is 20.1 Å². The summed E-state index contributed by atoms with van der Waals surface area (Å²) in [5.41, 5.74) is 0.919. The standard InChI is InChI=1S/C19H26N2O4/c1-13(24-11-14-5-6-14)19(23)20-10-15-3-2-4-17(9-15)25-12-18(22)21-16-7-8-16/h2-4,9,13-14,16H,5-8,10-12H2,1H3,(H,20,23)(H,21,22)/t13-/m0/s1. The Kier molecular flexibility index (Phi) is 5.91. The molecule has 2 aliphatic carbocycles. The summed E-state index contributed by atoms with van der Waals surface area (Å²) < 4.78 is 11.1. The van der Waals surface area contributed by atoms with Crippen LogP contribution in [0.5, 0.6) is 5.75 Å². The largest absolute Gasteiger partial charge is 0.484 e. The molecule has 0 spiro atoms. The van der Waals surface area contributed by atoms with E-state index in [-0.39, 0.29) is 18.4 Å². The Balaban J connectivity index is 1.39. The maximum atomic E-state index is 12.0. The Morgan fingerprint density at radius 3 is 2.76 bits per heavy atom. The van der Waals surface area contributed by atoms with E-state index in [0.29, 0.717) is 30.9 Å². The van der Waals surface area contributed by atoms with Gasteiger partial charge >= 0.3 is 0 Å². The summed E-state index contributed by atoms with van der Waals surface area (Å²) >= 11 is 0. The minimum atomic E-state index is -0.439. The first kappa shape index (κ1) is 17.7. The van der Waals surface area contributed by atoms with E-state index < -0.39 is 6.10 Å². The second-order valence-corrected chi connectivity index (χ2v) is 6.91. The van der Waals surface area contributed by atoms with Crippen LogP contribution in [0.3, 0.4) is 0 Å². The van der Waals surface area contributed by atoms with Crippen LogP contribution in [0.15, 0.2) is 24.3 Å². The van der Waals surface area contributed by atoms with Gasteiger partial charge in [-0.2, -0.15) is 0 Å². The van der Waals surface area contributed by atoms with Gasteiger partial charge in [0, 0.05) is 12.6 Å². The molecular weight excluding hydrogens is 320 g/mol. The van der Waals surface area contributed by atoms with E-state index in [9.17, 15) is 9.59 Å². The molecule has 3 rings (SSSR count). The van der Waals surface area contributed by atoms with Gasteiger partial charge in [-0.1, -0.05) is 12.1 Å². The summed E-state index contributed by atoms with van der Waals surface area (Å²) in [6.45, 7) is 2.86. The summed E-state index contributed by atoms with van der Waals surface area (Å²) in [5.74, 6) is 1.05. The lowest BCUT2D eigenvalue weighted by atomic mass is 10.2. The molecule has 1 aromatic rings. The van der Waals surface area contributed by atoms with Crippen LogP contribution in [0, 0.1) is 5.92 Å². The normalized spacial score (nSPS) is 17.6. The molecule has 1 atom stereocenters. The lowest BCUT2D eigenvalue weighted by Crippen LogP contribution is -2.34. The van der Waals surface area contributed by atoms with Crippen molar-refractivity contribution in [2.24, 2.45) is 5.92 Å². The zero-order chi connectivity index (χ0) is 17.6. The van der Waals surface area contributed by atoms with Gasteiger partial charge in [0.2, 0.25) is 5.91 Å². The van der Waals surface area contributed by atoms with Crippen molar-refractivity contribution in [1.29, 1.82) is 0 Å². The molecule has 25 heavy (non-hydrogen) atoms. The predicted octanol–water partition coefficient (Wildman–Crippen LogP) is 1.78. The predicted molar refractivity (Wildman–Crippen MR) is 93.1 cm³/mol. The van der Waals surface area contributed by atoms with E-state index in [1.54, 1.807) is 13.0 Å². The Bertz CT molecular complexity index is 611. The van der Waals surface area contributed by atoms with Crippen molar-refractivity contribution >= 4 is 11.8 Å². The maximum Gasteiger partial charge on any atom is 0.258 e. The third-order valence-electron chi connectivity index (χ3n) is 4.33. The van der Waals surface area contributed by atoms with Crippen molar-refractivity contribution in [3.63, 3.8) is 0 Å². The molecule has 2 saturated carbocycles. The number of benzene rings is 1. The van der Waals surface area contributed by atoms with E-state index in [0.717, 1.165) is 18.4 Å². The second-order valence-electron chi connectivity index (χ2n) is 6.91. The molecule has 136 valence electrons. The summed E-state index contributed by atoms with van der Waals surface area (Å²) in [7, 11) is 0. The SMILES string of the molecule is C[C@H](OCC1CC1)C(=O)NCc1cccc(OCC(=O)NC2CC2)c1. The molecule has 0 bridgehead atoms. The van der Waals surface area contributed by atoms with E-state index in [4.69, 9.17) is 9.47 Å². The average Bonchev–Trinajstić information content (AvgIpc) is 3.51. The fourth-order valence-corrected chi connectivity index (χ4v) is 2.36. The van der Waals surface area contributed by atoms with Crippen LogP contribution in [0.1, 0.15) is 38.2 Å². The van der Waals surface area contributed by atoms with Crippen molar-refractivity contribution in [2.75, 3.05) is 13.2 Å². The fourth-order valence-electron chi connectivity index (χ4n) is 2.36. The average molecular weight is 346 g/mol. The smallest absolute Gasteiger partial charge is 0.258 e. The molecule has 2 aliphatic rings. The van der Waals surface area contributed by atoms with Crippen LogP contribution < -0.4 is 15.4 Å². The number of rotatable bonds is 10. The van der Waals surface area contributed by atoms with Crippen molar-refractivity contribution in [3.8, 4) is 5.75 Å². The third kappa shape index (κ3) is 6.38. The maximum absolute atomic E-state index is 12.0. The molecule has 0 aliphatic heterocycles. The number of hydrogen-bond acceptors (Lipinski definition) is 4. The summed E-state index contributed by atoms with van der Waals surface area (Å²) in [6, 6.07) is 7.73. The van der Waals surface area contributed by atoms with Gasteiger partial charge in [-0.3, -0.25) is 9.59 Å². The molecule has 2 N–H and O–H groups in total. The van der Waals surface area contributed by atoms with Crippen LogP contribution in [0.2, 0.25) is 0 Å². The number of amides is 2. The van der Waals surface area contributed by atoms with E-state index >= 15 is 0 Å². The monoisotopic (exact) mass is 346 g/mol. The van der Waals surface area contributed by atoms with E-state index in [2.05, 4.69) is 10.6 Å². The van der Waals surface area contributed by atoms with Crippen molar-refractivity contribution < 1.29 is 19.1 Å². The second kappa shape index (κ2) is 8.34. The Morgan fingerprint density at radius 1 is 1.24 bits per heavy atom. The van der Waals surface area contributed by atoms with Crippen molar-refractivity contribution in [2.45, 2.75) is 51.3 Å². The summed E-state index contributed by atoms with van der Waals surface area (Å²) in [4.78, 5) is 23.7. The Labute approximate surface area is 148 Å². The van der Waals surface area contributed by atoms with Crippen LogP contribution in [-0.4, -0.2) is 37.2 Å². The molecule has 0 saturated heterocycles. The van der Waals surface area contributed by atoms with Crippen LogP contribution in [0.4, 0.5) is 0 Å². The van der Waals surface area contributed by atoms with Crippen LogP contribution in [-0.2, 0) is 20.9 Å². The summed E-state index contributed by atoms with van der Waals surface area (Å²) in [6.07, 6.45) is 4.10.